The molecule has 0 aliphatic heterocycles. The van der Waals surface area contributed by atoms with E-state index in [-0.39, 0.29) is 18.9 Å². The Morgan fingerprint density at radius 2 is 2.07 bits per heavy atom. The predicted molar refractivity (Wildman–Crippen MR) is 107 cm³/mol. The van der Waals surface area contributed by atoms with Crippen LogP contribution in [0.4, 0.5) is 8.78 Å². The summed E-state index contributed by atoms with van der Waals surface area (Å²) in [6.45, 7) is 6.26. The Morgan fingerprint density at radius 3 is 2.71 bits per heavy atom. The van der Waals surface area contributed by atoms with E-state index in [2.05, 4.69) is 46.2 Å². The molecule has 0 amide bonds. The number of fused-ring (bicyclic) bond motifs is 1. The number of aryl methyl sites for hydroxylation is 2. The first-order valence-electron chi connectivity index (χ1n) is 9.70. The summed E-state index contributed by atoms with van der Waals surface area (Å²) in [5.41, 5.74) is 5.69. The first-order valence-corrected chi connectivity index (χ1v) is 9.70. The molecule has 1 aromatic carbocycles. The van der Waals surface area contributed by atoms with Gasteiger partial charge in [-0.2, -0.15) is 10.2 Å². The largest absolute Gasteiger partial charge is 0.381 e. The zero-order chi connectivity index (χ0) is 19.9. The summed E-state index contributed by atoms with van der Waals surface area (Å²) in [6.07, 6.45) is 5.41. The molecule has 1 aliphatic carbocycles. The monoisotopic (exact) mass is 385 g/mol. The second-order valence-electron chi connectivity index (χ2n) is 7.64. The molecule has 7 heteroatoms. The Kier molecular flexibility index (Phi) is 4.69. The van der Waals surface area contributed by atoms with Gasteiger partial charge in [0.05, 0.1) is 23.1 Å². The summed E-state index contributed by atoms with van der Waals surface area (Å²) in [7, 11) is 1.89. The zero-order valence-corrected chi connectivity index (χ0v) is 16.2. The number of hydrogen-bond donors (Lipinski definition) is 2. The molecular formula is C21H25F2N5. The third-order valence-electron chi connectivity index (χ3n) is 5.55. The third-order valence-corrected chi connectivity index (χ3v) is 5.55. The van der Waals surface area contributed by atoms with Crippen molar-refractivity contribution in [2.45, 2.75) is 51.0 Å². The van der Waals surface area contributed by atoms with Crippen molar-refractivity contribution in [2.75, 3.05) is 0 Å². The molecule has 148 valence electrons. The van der Waals surface area contributed by atoms with Gasteiger partial charge in [-0.1, -0.05) is 13.5 Å². The third kappa shape index (κ3) is 3.53. The molecule has 2 heterocycles. The van der Waals surface area contributed by atoms with Gasteiger partial charge in [-0.25, -0.2) is 8.78 Å². The Balaban J connectivity index is 1.65. The molecule has 1 aliphatic rings. The van der Waals surface area contributed by atoms with Gasteiger partial charge < -0.3 is 5.32 Å². The fraction of sp³-hybridized carbons (Fsp3) is 0.429. The molecule has 1 fully saturated rings. The maximum Gasteiger partial charge on any atom is 0.248 e. The van der Waals surface area contributed by atoms with E-state index in [1.807, 2.05) is 19.4 Å². The van der Waals surface area contributed by atoms with E-state index in [4.69, 9.17) is 0 Å². The van der Waals surface area contributed by atoms with Gasteiger partial charge in [0, 0.05) is 43.1 Å². The van der Waals surface area contributed by atoms with Crippen LogP contribution in [0.2, 0.25) is 0 Å². The summed E-state index contributed by atoms with van der Waals surface area (Å²) in [5.74, 6) is -2.53. The fourth-order valence-electron chi connectivity index (χ4n) is 3.93. The lowest BCUT2D eigenvalue weighted by Gasteiger charge is -2.29. The van der Waals surface area contributed by atoms with Crippen molar-refractivity contribution in [1.82, 2.24) is 25.3 Å². The average molecular weight is 385 g/mol. The van der Waals surface area contributed by atoms with Crippen LogP contribution in [-0.4, -0.2) is 31.9 Å². The number of nitrogens with one attached hydrogen (secondary N) is 2. The molecule has 28 heavy (non-hydrogen) atoms. The van der Waals surface area contributed by atoms with Gasteiger partial charge in [0.15, 0.2) is 0 Å². The van der Waals surface area contributed by atoms with Crippen LogP contribution in [0, 0.1) is 0 Å². The lowest BCUT2D eigenvalue weighted by Crippen LogP contribution is -2.36. The van der Waals surface area contributed by atoms with E-state index in [0.29, 0.717) is 18.5 Å². The van der Waals surface area contributed by atoms with Crippen LogP contribution in [-0.2, 0) is 13.5 Å². The quantitative estimate of drug-likeness (QED) is 0.671. The van der Waals surface area contributed by atoms with E-state index >= 15 is 0 Å². The van der Waals surface area contributed by atoms with Crippen LogP contribution in [0.15, 0.2) is 31.1 Å². The number of aromatic amines is 1. The van der Waals surface area contributed by atoms with E-state index < -0.39 is 5.92 Å². The molecule has 2 aromatic heterocycles. The number of nitrogens with zero attached hydrogens (tertiary/aromatic N) is 3. The normalized spacial score (nSPS) is 17.1. The molecule has 0 spiro atoms. The minimum absolute atomic E-state index is 0.0117. The number of hydrogen-bond acceptors (Lipinski definition) is 3. The van der Waals surface area contributed by atoms with E-state index in [1.54, 1.807) is 4.68 Å². The number of benzene rings is 1. The van der Waals surface area contributed by atoms with Crippen molar-refractivity contribution in [3.8, 4) is 11.1 Å². The highest BCUT2D eigenvalue weighted by Crippen LogP contribution is 2.35. The smallest absolute Gasteiger partial charge is 0.248 e. The molecule has 0 radical (unpaired) electrons. The number of H-pyrrole nitrogens is 1. The summed E-state index contributed by atoms with van der Waals surface area (Å²) >= 11 is 0. The molecule has 5 nitrogen and oxygen atoms in total. The van der Waals surface area contributed by atoms with Crippen LogP contribution >= 0.6 is 0 Å². The molecule has 1 saturated carbocycles. The predicted octanol–water partition coefficient (Wildman–Crippen LogP) is 4.66. The van der Waals surface area contributed by atoms with Crippen molar-refractivity contribution in [3.05, 3.63) is 42.4 Å². The Bertz CT molecular complexity index is 1010. The standard InChI is InChI=1S/C21H25F2N5/c1-4-14-9-15(16-11-24-28(3)12-16)10-18-19(26-27-20(14)18)13(2)25-17-5-7-21(22,23)8-6-17/h9-12,17,25H,2,4-8H2,1,3H3,(H,26,27). The SMILES string of the molecule is C=C(NC1CCC(F)(F)CC1)c1[nH]nc2c(CC)cc(-c3cnn(C)c3)cc12. The average Bonchev–Trinajstić information content (AvgIpc) is 3.28. The van der Waals surface area contributed by atoms with Crippen molar-refractivity contribution in [3.63, 3.8) is 0 Å². The minimum atomic E-state index is -2.53. The molecule has 0 bridgehead atoms. The highest BCUT2D eigenvalue weighted by molar-refractivity contribution is 5.94. The van der Waals surface area contributed by atoms with E-state index in [9.17, 15) is 8.78 Å². The van der Waals surface area contributed by atoms with E-state index in [1.165, 1.54) is 0 Å². The van der Waals surface area contributed by atoms with Gasteiger partial charge in [-0.3, -0.25) is 9.78 Å². The Hall–Kier alpha value is -2.70. The van der Waals surface area contributed by atoms with Crippen LogP contribution in [0.3, 0.4) is 0 Å². The highest BCUT2D eigenvalue weighted by Gasteiger charge is 2.35. The van der Waals surface area contributed by atoms with Gasteiger partial charge in [0.25, 0.3) is 0 Å². The van der Waals surface area contributed by atoms with Crippen LogP contribution in [0.5, 0.6) is 0 Å². The molecule has 3 aromatic rings. The highest BCUT2D eigenvalue weighted by atomic mass is 19.3. The van der Waals surface area contributed by atoms with Crippen molar-refractivity contribution >= 4 is 16.6 Å². The lowest BCUT2D eigenvalue weighted by molar-refractivity contribution is -0.0392. The number of aromatic nitrogens is 4. The first kappa shape index (κ1) is 18.7. The van der Waals surface area contributed by atoms with Crippen LogP contribution in [0.25, 0.3) is 27.7 Å². The van der Waals surface area contributed by atoms with Crippen molar-refractivity contribution in [2.24, 2.45) is 7.05 Å². The Morgan fingerprint density at radius 1 is 1.32 bits per heavy atom. The molecule has 0 atom stereocenters. The maximum atomic E-state index is 13.4. The summed E-state index contributed by atoms with van der Waals surface area (Å²) < 4.78 is 28.6. The van der Waals surface area contributed by atoms with Gasteiger partial charge in [0.1, 0.15) is 0 Å². The summed E-state index contributed by atoms with van der Waals surface area (Å²) in [6, 6.07) is 4.24. The minimum Gasteiger partial charge on any atom is -0.381 e. The van der Waals surface area contributed by atoms with Crippen LogP contribution < -0.4 is 5.32 Å². The van der Waals surface area contributed by atoms with Crippen molar-refractivity contribution in [1.29, 1.82) is 0 Å². The molecule has 0 unspecified atom stereocenters. The zero-order valence-electron chi connectivity index (χ0n) is 16.2. The van der Waals surface area contributed by atoms with Crippen molar-refractivity contribution < 1.29 is 8.78 Å². The second kappa shape index (κ2) is 7.04. The number of halogens is 2. The van der Waals surface area contributed by atoms with Gasteiger partial charge >= 0.3 is 0 Å². The molecule has 4 rings (SSSR count). The number of rotatable bonds is 5. The Labute approximate surface area is 162 Å². The van der Waals surface area contributed by atoms with Gasteiger partial charge in [-0.15, -0.1) is 0 Å². The van der Waals surface area contributed by atoms with Gasteiger partial charge in [-0.05, 0) is 42.5 Å². The topological polar surface area (TPSA) is 58.5 Å². The first-order chi connectivity index (χ1) is 13.4. The van der Waals surface area contributed by atoms with Gasteiger partial charge in [0.2, 0.25) is 5.92 Å². The molecule has 2 N–H and O–H groups in total. The lowest BCUT2D eigenvalue weighted by atomic mass is 9.92. The van der Waals surface area contributed by atoms with E-state index in [0.717, 1.165) is 39.7 Å². The molecular weight excluding hydrogens is 360 g/mol. The fourth-order valence-corrected chi connectivity index (χ4v) is 3.93. The van der Waals surface area contributed by atoms with Crippen LogP contribution in [0.1, 0.15) is 43.9 Å². The summed E-state index contributed by atoms with van der Waals surface area (Å²) in [5, 5.41) is 16.2. The number of alkyl halides is 2. The summed E-state index contributed by atoms with van der Waals surface area (Å²) in [4.78, 5) is 0. The second-order valence-corrected chi connectivity index (χ2v) is 7.64. The molecule has 0 saturated heterocycles. The maximum absolute atomic E-state index is 13.4.